The molecule has 3 aromatic rings. The number of aromatic carboxylic acids is 1. The minimum Gasteiger partial charge on any atom is -0.477 e. The van der Waals surface area contributed by atoms with Crippen LogP contribution in [0.25, 0.3) is 10.9 Å². The van der Waals surface area contributed by atoms with E-state index in [1.165, 1.54) is 18.2 Å². The summed E-state index contributed by atoms with van der Waals surface area (Å²) in [6.07, 6.45) is 0. The number of nitrogens with one attached hydrogen (secondary N) is 1. The van der Waals surface area contributed by atoms with Gasteiger partial charge in [-0.1, -0.05) is 17.7 Å². The standard InChI is InChI=1S/C17H13FN2O2/c1-10-5-6-14-13(7-10)15(9-16(20-14)17(21)22)19-12-4-2-3-11(18)8-12/h2-9H,1H3,(H,19,20)(H,21,22). The summed E-state index contributed by atoms with van der Waals surface area (Å²) in [5.74, 6) is -1.47. The predicted octanol–water partition coefficient (Wildman–Crippen LogP) is 4.12. The number of halogens is 1. The lowest BCUT2D eigenvalue weighted by Gasteiger charge is -2.11. The highest BCUT2D eigenvalue weighted by atomic mass is 19.1. The van der Waals surface area contributed by atoms with Crippen LogP contribution in [0.3, 0.4) is 0 Å². The van der Waals surface area contributed by atoms with E-state index >= 15 is 0 Å². The van der Waals surface area contributed by atoms with Crippen LogP contribution in [-0.4, -0.2) is 16.1 Å². The molecule has 110 valence electrons. The number of rotatable bonds is 3. The second-order valence-electron chi connectivity index (χ2n) is 5.02. The Morgan fingerprint density at radius 3 is 2.73 bits per heavy atom. The average molecular weight is 296 g/mol. The number of fused-ring (bicyclic) bond motifs is 1. The molecule has 0 saturated carbocycles. The largest absolute Gasteiger partial charge is 0.477 e. The van der Waals surface area contributed by atoms with Crippen molar-refractivity contribution in [2.45, 2.75) is 6.92 Å². The van der Waals surface area contributed by atoms with Crippen molar-refractivity contribution in [2.75, 3.05) is 5.32 Å². The Bertz CT molecular complexity index is 878. The van der Waals surface area contributed by atoms with Crippen molar-refractivity contribution in [2.24, 2.45) is 0 Å². The number of carbonyl (C=O) groups is 1. The molecule has 3 rings (SSSR count). The van der Waals surface area contributed by atoms with Gasteiger partial charge in [0.2, 0.25) is 0 Å². The van der Waals surface area contributed by atoms with Crippen molar-refractivity contribution >= 4 is 28.2 Å². The molecule has 0 aliphatic rings. The van der Waals surface area contributed by atoms with E-state index in [0.717, 1.165) is 10.9 Å². The summed E-state index contributed by atoms with van der Waals surface area (Å²) in [6, 6.07) is 13.0. The second-order valence-corrected chi connectivity index (χ2v) is 5.02. The predicted molar refractivity (Wildman–Crippen MR) is 83.1 cm³/mol. The zero-order chi connectivity index (χ0) is 15.7. The molecule has 2 aromatic carbocycles. The SMILES string of the molecule is Cc1ccc2nc(C(=O)O)cc(Nc3cccc(F)c3)c2c1. The molecule has 0 amide bonds. The quantitative estimate of drug-likeness (QED) is 0.763. The van der Waals surface area contributed by atoms with Gasteiger partial charge in [0.05, 0.1) is 11.2 Å². The normalized spacial score (nSPS) is 10.6. The zero-order valence-corrected chi connectivity index (χ0v) is 11.8. The number of benzene rings is 2. The molecular formula is C17H13FN2O2. The van der Waals surface area contributed by atoms with Gasteiger partial charge in [-0.25, -0.2) is 14.2 Å². The van der Waals surface area contributed by atoms with Crippen molar-refractivity contribution in [3.8, 4) is 0 Å². The van der Waals surface area contributed by atoms with E-state index in [0.29, 0.717) is 16.9 Å². The van der Waals surface area contributed by atoms with Gasteiger partial charge in [-0.05, 0) is 43.3 Å². The van der Waals surface area contributed by atoms with Gasteiger partial charge in [-0.3, -0.25) is 0 Å². The van der Waals surface area contributed by atoms with Crippen LogP contribution in [0.15, 0.2) is 48.5 Å². The lowest BCUT2D eigenvalue weighted by atomic mass is 10.1. The summed E-state index contributed by atoms with van der Waals surface area (Å²) in [7, 11) is 0. The summed E-state index contributed by atoms with van der Waals surface area (Å²) in [6.45, 7) is 1.94. The van der Waals surface area contributed by atoms with Crippen LogP contribution in [0, 0.1) is 12.7 Å². The van der Waals surface area contributed by atoms with E-state index in [2.05, 4.69) is 10.3 Å². The van der Waals surface area contributed by atoms with Crippen molar-refractivity contribution in [1.82, 2.24) is 4.98 Å². The summed E-state index contributed by atoms with van der Waals surface area (Å²) in [5, 5.41) is 13.0. The third-order valence-electron chi connectivity index (χ3n) is 3.29. The smallest absolute Gasteiger partial charge is 0.354 e. The summed E-state index contributed by atoms with van der Waals surface area (Å²) >= 11 is 0. The van der Waals surface area contributed by atoms with Crippen LogP contribution in [0.5, 0.6) is 0 Å². The summed E-state index contributed by atoms with van der Waals surface area (Å²) in [4.78, 5) is 15.3. The first-order chi connectivity index (χ1) is 10.5. The van der Waals surface area contributed by atoms with Gasteiger partial charge >= 0.3 is 5.97 Å². The lowest BCUT2D eigenvalue weighted by molar-refractivity contribution is 0.0691. The molecule has 0 unspecified atom stereocenters. The van der Waals surface area contributed by atoms with E-state index < -0.39 is 5.97 Å². The van der Waals surface area contributed by atoms with Crippen LogP contribution in [-0.2, 0) is 0 Å². The second kappa shape index (κ2) is 5.44. The van der Waals surface area contributed by atoms with Gasteiger partial charge in [0, 0.05) is 11.1 Å². The molecule has 0 aliphatic carbocycles. The fourth-order valence-corrected chi connectivity index (χ4v) is 2.27. The van der Waals surface area contributed by atoms with Crippen LogP contribution in [0.4, 0.5) is 15.8 Å². The van der Waals surface area contributed by atoms with Crippen LogP contribution in [0.2, 0.25) is 0 Å². The molecule has 5 heteroatoms. The monoisotopic (exact) mass is 296 g/mol. The first kappa shape index (κ1) is 14.0. The lowest BCUT2D eigenvalue weighted by Crippen LogP contribution is -2.03. The molecule has 0 radical (unpaired) electrons. The molecular weight excluding hydrogens is 283 g/mol. The number of carboxylic acids is 1. The molecule has 22 heavy (non-hydrogen) atoms. The molecule has 1 heterocycles. The molecule has 1 aromatic heterocycles. The maximum Gasteiger partial charge on any atom is 0.354 e. The molecule has 0 bridgehead atoms. The zero-order valence-electron chi connectivity index (χ0n) is 11.8. The van der Waals surface area contributed by atoms with E-state index in [1.807, 2.05) is 19.1 Å². The Labute approximate surface area is 126 Å². The fourth-order valence-electron chi connectivity index (χ4n) is 2.27. The van der Waals surface area contributed by atoms with Gasteiger partial charge in [0.25, 0.3) is 0 Å². The molecule has 0 spiro atoms. The van der Waals surface area contributed by atoms with E-state index in [9.17, 15) is 14.3 Å². The minimum atomic E-state index is -1.11. The Morgan fingerprint density at radius 1 is 1.18 bits per heavy atom. The Hall–Kier alpha value is -2.95. The molecule has 0 saturated heterocycles. The Morgan fingerprint density at radius 2 is 2.00 bits per heavy atom. The molecule has 0 aliphatic heterocycles. The van der Waals surface area contributed by atoms with Crippen LogP contribution < -0.4 is 5.32 Å². The summed E-state index contributed by atoms with van der Waals surface area (Å²) in [5.41, 5.74) is 2.67. The highest BCUT2D eigenvalue weighted by molar-refractivity contribution is 5.98. The third kappa shape index (κ3) is 2.74. The van der Waals surface area contributed by atoms with Crippen LogP contribution >= 0.6 is 0 Å². The van der Waals surface area contributed by atoms with E-state index in [-0.39, 0.29) is 11.5 Å². The van der Waals surface area contributed by atoms with Crippen molar-refractivity contribution in [3.63, 3.8) is 0 Å². The number of nitrogens with zero attached hydrogens (tertiary/aromatic N) is 1. The van der Waals surface area contributed by atoms with Crippen molar-refractivity contribution < 1.29 is 14.3 Å². The number of hydrogen-bond donors (Lipinski definition) is 2. The number of hydrogen-bond acceptors (Lipinski definition) is 3. The number of carboxylic acid groups (broad SMARTS) is 1. The molecule has 0 atom stereocenters. The van der Waals surface area contributed by atoms with Gasteiger partial charge < -0.3 is 10.4 Å². The molecule has 4 nitrogen and oxygen atoms in total. The van der Waals surface area contributed by atoms with Crippen LogP contribution in [0.1, 0.15) is 16.1 Å². The molecule has 2 N–H and O–H groups in total. The number of aryl methyl sites for hydroxylation is 1. The molecule has 0 fully saturated rings. The minimum absolute atomic E-state index is 0.0599. The summed E-state index contributed by atoms with van der Waals surface area (Å²) < 4.78 is 13.3. The third-order valence-corrected chi connectivity index (χ3v) is 3.29. The number of aromatic nitrogens is 1. The maximum atomic E-state index is 13.3. The van der Waals surface area contributed by atoms with Gasteiger partial charge in [0.15, 0.2) is 5.69 Å². The number of anilines is 2. The van der Waals surface area contributed by atoms with Gasteiger partial charge in [-0.15, -0.1) is 0 Å². The first-order valence-corrected chi connectivity index (χ1v) is 6.70. The highest BCUT2D eigenvalue weighted by Crippen LogP contribution is 2.27. The fraction of sp³-hybridized carbons (Fsp3) is 0.0588. The first-order valence-electron chi connectivity index (χ1n) is 6.70. The topological polar surface area (TPSA) is 62.2 Å². The van der Waals surface area contributed by atoms with E-state index in [1.54, 1.807) is 18.2 Å². The van der Waals surface area contributed by atoms with E-state index in [4.69, 9.17) is 0 Å². The van der Waals surface area contributed by atoms with Crippen molar-refractivity contribution in [3.05, 3.63) is 65.6 Å². The van der Waals surface area contributed by atoms with Gasteiger partial charge in [0.1, 0.15) is 5.82 Å². The number of pyridine rings is 1. The van der Waals surface area contributed by atoms with Gasteiger partial charge in [-0.2, -0.15) is 0 Å². The highest BCUT2D eigenvalue weighted by Gasteiger charge is 2.11. The Kier molecular flexibility index (Phi) is 3.47. The Balaban J connectivity index is 2.17. The maximum absolute atomic E-state index is 13.3. The van der Waals surface area contributed by atoms with Crippen molar-refractivity contribution in [1.29, 1.82) is 0 Å². The average Bonchev–Trinajstić information content (AvgIpc) is 2.47.